The molecule has 0 saturated carbocycles. The summed E-state index contributed by atoms with van der Waals surface area (Å²) in [6, 6.07) is 4.75. The fourth-order valence-electron chi connectivity index (χ4n) is 2.55. The van der Waals surface area contributed by atoms with Crippen LogP contribution in [0.4, 0.5) is 0 Å². The van der Waals surface area contributed by atoms with Gasteiger partial charge in [-0.1, -0.05) is 32.8 Å². The second-order valence-electron chi connectivity index (χ2n) is 4.55. The first kappa shape index (κ1) is 12.4. The Morgan fingerprint density at radius 1 is 1.53 bits per heavy atom. The van der Waals surface area contributed by atoms with E-state index in [2.05, 4.69) is 41.3 Å². The first-order valence-corrected chi connectivity index (χ1v) is 7.23. The largest absolute Gasteiger partial charge is 0.370 e. The highest BCUT2D eigenvalue weighted by atomic mass is 32.1. The molecule has 1 aromatic rings. The summed E-state index contributed by atoms with van der Waals surface area (Å²) in [5, 5.41) is 2.12. The predicted molar refractivity (Wildman–Crippen MR) is 74.2 cm³/mol. The van der Waals surface area contributed by atoms with Crippen LogP contribution in [0.15, 0.2) is 22.5 Å². The van der Waals surface area contributed by atoms with Gasteiger partial charge in [-0.2, -0.15) is 0 Å². The molecule has 0 bridgehead atoms. The fourth-order valence-corrected chi connectivity index (χ4v) is 3.25. The number of guanidine groups is 1. The molecular formula is C13H21N3S. The van der Waals surface area contributed by atoms with Gasteiger partial charge in [0, 0.05) is 4.88 Å². The molecule has 0 aliphatic carbocycles. The van der Waals surface area contributed by atoms with E-state index in [0.717, 1.165) is 19.0 Å². The number of nitrogens with zero attached hydrogens (tertiary/aromatic N) is 2. The van der Waals surface area contributed by atoms with Gasteiger partial charge in [0.2, 0.25) is 0 Å². The SMILES string of the molecule is CCC(CC)C1CN=C(N)N1Cc1cccs1. The molecule has 1 aromatic heterocycles. The minimum absolute atomic E-state index is 0.493. The molecule has 0 saturated heterocycles. The summed E-state index contributed by atoms with van der Waals surface area (Å²) in [5.41, 5.74) is 6.01. The van der Waals surface area contributed by atoms with Crippen molar-refractivity contribution >= 4 is 17.3 Å². The molecule has 17 heavy (non-hydrogen) atoms. The second-order valence-corrected chi connectivity index (χ2v) is 5.58. The average molecular weight is 251 g/mol. The van der Waals surface area contributed by atoms with Crippen molar-refractivity contribution in [2.45, 2.75) is 39.3 Å². The second kappa shape index (κ2) is 5.54. The van der Waals surface area contributed by atoms with Gasteiger partial charge < -0.3 is 10.6 Å². The van der Waals surface area contributed by atoms with Gasteiger partial charge in [0.1, 0.15) is 0 Å². The van der Waals surface area contributed by atoms with Crippen LogP contribution in [-0.2, 0) is 6.54 Å². The molecule has 1 unspecified atom stereocenters. The van der Waals surface area contributed by atoms with Crippen molar-refractivity contribution in [3.63, 3.8) is 0 Å². The molecule has 0 aromatic carbocycles. The molecule has 1 atom stereocenters. The number of hydrogen-bond donors (Lipinski definition) is 1. The van der Waals surface area contributed by atoms with E-state index in [-0.39, 0.29) is 0 Å². The average Bonchev–Trinajstić information content (AvgIpc) is 2.95. The van der Waals surface area contributed by atoms with Crippen LogP contribution >= 0.6 is 11.3 Å². The number of thiophene rings is 1. The third-order valence-corrected chi connectivity index (χ3v) is 4.50. The summed E-state index contributed by atoms with van der Waals surface area (Å²) < 4.78 is 0. The molecule has 0 spiro atoms. The molecule has 2 heterocycles. The molecule has 0 amide bonds. The van der Waals surface area contributed by atoms with Gasteiger partial charge in [-0.3, -0.25) is 4.99 Å². The third kappa shape index (κ3) is 2.63. The summed E-state index contributed by atoms with van der Waals surface area (Å²) in [7, 11) is 0. The lowest BCUT2D eigenvalue weighted by molar-refractivity contribution is 0.233. The van der Waals surface area contributed by atoms with Gasteiger partial charge >= 0.3 is 0 Å². The topological polar surface area (TPSA) is 41.6 Å². The Labute approximate surface area is 107 Å². The third-order valence-electron chi connectivity index (χ3n) is 3.63. The van der Waals surface area contributed by atoms with Crippen molar-refractivity contribution < 1.29 is 0 Å². The fraction of sp³-hybridized carbons (Fsp3) is 0.615. The van der Waals surface area contributed by atoms with E-state index in [4.69, 9.17) is 5.73 Å². The highest BCUT2D eigenvalue weighted by Gasteiger charge is 2.31. The molecule has 2 rings (SSSR count). The normalized spacial score (nSPS) is 20.1. The Bertz CT molecular complexity index is 368. The summed E-state index contributed by atoms with van der Waals surface area (Å²) in [5.74, 6) is 1.41. The molecular weight excluding hydrogens is 230 g/mol. The zero-order valence-electron chi connectivity index (χ0n) is 10.6. The van der Waals surface area contributed by atoms with Crippen LogP contribution in [0.25, 0.3) is 0 Å². The van der Waals surface area contributed by atoms with Gasteiger partial charge in [0.15, 0.2) is 5.96 Å². The Hall–Kier alpha value is -1.03. The summed E-state index contributed by atoms with van der Waals surface area (Å²) in [6.45, 7) is 6.29. The molecule has 0 fully saturated rings. The van der Waals surface area contributed by atoms with E-state index in [0.29, 0.717) is 12.0 Å². The summed E-state index contributed by atoms with van der Waals surface area (Å²) in [6.07, 6.45) is 2.40. The molecule has 4 heteroatoms. The van der Waals surface area contributed by atoms with Crippen molar-refractivity contribution in [2.24, 2.45) is 16.6 Å². The Balaban J connectivity index is 2.08. The van der Waals surface area contributed by atoms with E-state index < -0.39 is 0 Å². The van der Waals surface area contributed by atoms with Crippen LogP contribution < -0.4 is 5.73 Å². The lowest BCUT2D eigenvalue weighted by Crippen LogP contribution is -2.43. The van der Waals surface area contributed by atoms with Crippen molar-refractivity contribution in [3.8, 4) is 0 Å². The smallest absolute Gasteiger partial charge is 0.191 e. The Kier molecular flexibility index (Phi) is 4.05. The predicted octanol–water partition coefficient (Wildman–Crippen LogP) is 2.68. The number of nitrogens with two attached hydrogens (primary N) is 1. The molecule has 1 aliphatic heterocycles. The maximum absolute atomic E-state index is 6.01. The zero-order chi connectivity index (χ0) is 12.3. The standard InChI is InChI=1S/C13H21N3S/c1-3-10(4-2)12-8-15-13(14)16(12)9-11-6-5-7-17-11/h5-7,10,12H,3-4,8-9H2,1-2H3,(H2,14,15). The highest BCUT2D eigenvalue weighted by Crippen LogP contribution is 2.25. The maximum Gasteiger partial charge on any atom is 0.191 e. The monoisotopic (exact) mass is 251 g/mol. The van der Waals surface area contributed by atoms with Gasteiger partial charge in [0.25, 0.3) is 0 Å². The van der Waals surface area contributed by atoms with Crippen LogP contribution in [-0.4, -0.2) is 23.4 Å². The highest BCUT2D eigenvalue weighted by molar-refractivity contribution is 7.09. The van der Waals surface area contributed by atoms with Crippen LogP contribution in [0.2, 0.25) is 0 Å². The van der Waals surface area contributed by atoms with Crippen LogP contribution in [0.3, 0.4) is 0 Å². The molecule has 3 nitrogen and oxygen atoms in total. The van der Waals surface area contributed by atoms with Gasteiger partial charge in [0.05, 0.1) is 19.1 Å². The number of aliphatic imine (C=N–C) groups is 1. The van der Waals surface area contributed by atoms with E-state index >= 15 is 0 Å². The van der Waals surface area contributed by atoms with Crippen molar-refractivity contribution in [3.05, 3.63) is 22.4 Å². The summed E-state index contributed by atoms with van der Waals surface area (Å²) >= 11 is 1.79. The van der Waals surface area contributed by atoms with Crippen molar-refractivity contribution in [1.82, 2.24) is 4.90 Å². The zero-order valence-corrected chi connectivity index (χ0v) is 11.4. The van der Waals surface area contributed by atoms with Crippen molar-refractivity contribution in [1.29, 1.82) is 0 Å². The minimum atomic E-state index is 0.493. The van der Waals surface area contributed by atoms with Gasteiger partial charge in [-0.05, 0) is 17.4 Å². The lowest BCUT2D eigenvalue weighted by Gasteiger charge is -2.31. The molecule has 2 N–H and O–H groups in total. The molecule has 1 aliphatic rings. The van der Waals surface area contributed by atoms with Crippen LogP contribution in [0, 0.1) is 5.92 Å². The van der Waals surface area contributed by atoms with E-state index in [9.17, 15) is 0 Å². The molecule has 94 valence electrons. The number of rotatable bonds is 5. The van der Waals surface area contributed by atoms with Crippen LogP contribution in [0.5, 0.6) is 0 Å². The summed E-state index contributed by atoms with van der Waals surface area (Å²) in [4.78, 5) is 8.06. The van der Waals surface area contributed by atoms with Gasteiger partial charge in [-0.15, -0.1) is 11.3 Å². The minimum Gasteiger partial charge on any atom is -0.370 e. The van der Waals surface area contributed by atoms with E-state index in [1.54, 1.807) is 11.3 Å². The number of hydrogen-bond acceptors (Lipinski definition) is 4. The molecule has 0 radical (unpaired) electrons. The first-order valence-electron chi connectivity index (χ1n) is 6.35. The van der Waals surface area contributed by atoms with E-state index in [1.165, 1.54) is 17.7 Å². The van der Waals surface area contributed by atoms with Gasteiger partial charge in [-0.25, -0.2) is 0 Å². The Morgan fingerprint density at radius 2 is 2.29 bits per heavy atom. The Morgan fingerprint density at radius 3 is 2.88 bits per heavy atom. The lowest BCUT2D eigenvalue weighted by atomic mass is 9.93. The first-order chi connectivity index (χ1) is 8.26. The van der Waals surface area contributed by atoms with Crippen molar-refractivity contribution in [2.75, 3.05) is 6.54 Å². The van der Waals surface area contributed by atoms with E-state index in [1.807, 2.05) is 0 Å². The quantitative estimate of drug-likeness (QED) is 0.874. The maximum atomic E-state index is 6.01. The van der Waals surface area contributed by atoms with Crippen LogP contribution in [0.1, 0.15) is 31.6 Å².